The van der Waals surface area contributed by atoms with Crippen molar-refractivity contribution < 1.29 is 9.84 Å². The van der Waals surface area contributed by atoms with Gasteiger partial charge in [0.15, 0.2) is 0 Å². The van der Waals surface area contributed by atoms with Gasteiger partial charge in [0.2, 0.25) is 0 Å². The van der Waals surface area contributed by atoms with E-state index in [1.807, 2.05) is 25.1 Å². The summed E-state index contributed by atoms with van der Waals surface area (Å²) in [6.07, 6.45) is 1.62. The Morgan fingerprint density at radius 3 is 2.71 bits per heavy atom. The van der Waals surface area contributed by atoms with Gasteiger partial charge in [-0.1, -0.05) is 17.9 Å². The minimum absolute atomic E-state index is 0.000855. The third-order valence-electron chi connectivity index (χ3n) is 3.97. The van der Waals surface area contributed by atoms with E-state index in [0.717, 1.165) is 23.5 Å². The van der Waals surface area contributed by atoms with E-state index in [2.05, 4.69) is 37.8 Å². The molecule has 0 saturated carbocycles. The largest absolute Gasteiger partial charge is 0.481 e. The molecule has 3 nitrogen and oxygen atoms in total. The van der Waals surface area contributed by atoms with Crippen LogP contribution in [0.4, 0.5) is 0 Å². The van der Waals surface area contributed by atoms with Crippen LogP contribution in [0.1, 0.15) is 34.2 Å². The molecule has 0 radical (unpaired) electrons. The number of hydrogen-bond donors (Lipinski definition) is 2. The van der Waals surface area contributed by atoms with Crippen molar-refractivity contribution in [1.82, 2.24) is 0 Å². The highest BCUT2D eigenvalue weighted by atomic mass is 32.1. The van der Waals surface area contributed by atoms with Crippen LogP contribution < -0.4 is 10.5 Å². The number of ether oxygens (including phenoxy) is 1. The fourth-order valence-electron chi connectivity index (χ4n) is 2.11. The van der Waals surface area contributed by atoms with Crippen molar-refractivity contribution in [3.05, 3.63) is 51.2 Å². The molecule has 1 aromatic heterocycles. The summed E-state index contributed by atoms with van der Waals surface area (Å²) in [7, 11) is 0. The maximum atomic E-state index is 9.19. The maximum Gasteiger partial charge on any atom is 0.149 e. The van der Waals surface area contributed by atoms with Crippen molar-refractivity contribution in [3.8, 4) is 17.6 Å². The van der Waals surface area contributed by atoms with Gasteiger partial charge in [0.1, 0.15) is 12.4 Å². The third-order valence-corrected chi connectivity index (χ3v) is 5.03. The van der Waals surface area contributed by atoms with Gasteiger partial charge >= 0.3 is 0 Å². The molecule has 0 fully saturated rings. The molecule has 1 unspecified atom stereocenters. The maximum absolute atomic E-state index is 9.19. The number of thiophene rings is 1. The second-order valence-corrected chi connectivity index (χ2v) is 7.58. The summed E-state index contributed by atoms with van der Waals surface area (Å²) < 4.78 is 5.66. The van der Waals surface area contributed by atoms with Crippen LogP contribution in [0.2, 0.25) is 0 Å². The molecule has 1 heterocycles. The van der Waals surface area contributed by atoms with Gasteiger partial charge in [0.25, 0.3) is 0 Å². The van der Waals surface area contributed by atoms with E-state index in [9.17, 15) is 5.11 Å². The SMILES string of the molecule is Cc1ccc(OCC#Cc2ccc(CCC(C)(N)CO)s2)cc1C. The molecule has 0 aliphatic heterocycles. The predicted molar refractivity (Wildman–Crippen MR) is 101 cm³/mol. The Morgan fingerprint density at radius 1 is 1.21 bits per heavy atom. The molecule has 128 valence electrons. The highest BCUT2D eigenvalue weighted by Crippen LogP contribution is 2.20. The first kappa shape index (κ1) is 18.5. The van der Waals surface area contributed by atoms with E-state index >= 15 is 0 Å². The van der Waals surface area contributed by atoms with Crippen molar-refractivity contribution in [2.24, 2.45) is 5.73 Å². The lowest BCUT2D eigenvalue weighted by Crippen LogP contribution is -2.40. The van der Waals surface area contributed by atoms with E-state index in [0.29, 0.717) is 6.61 Å². The van der Waals surface area contributed by atoms with Crippen LogP contribution in [0.25, 0.3) is 0 Å². The molecule has 1 atom stereocenters. The lowest BCUT2D eigenvalue weighted by molar-refractivity contribution is 0.201. The van der Waals surface area contributed by atoms with Gasteiger partial charge in [-0.2, -0.15) is 0 Å². The molecule has 0 amide bonds. The molecule has 0 aliphatic carbocycles. The second-order valence-electron chi connectivity index (χ2n) is 6.41. The molecule has 0 bridgehead atoms. The van der Waals surface area contributed by atoms with Crippen LogP contribution in [0.3, 0.4) is 0 Å². The van der Waals surface area contributed by atoms with Crippen LogP contribution >= 0.6 is 11.3 Å². The first-order chi connectivity index (χ1) is 11.4. The fourth-order valence-corrected chi connectivity index (χ4v) is 3.00. The predicted octanol–water partition coefficient (Wildman–Crippen LogP) is 3.44. The fraction of sp³-hybridized carbons (Fsp3) is 0.400. The number of hydrogen-bond acceptors (Lipinski definition) is 4. The Kier molecular flexibility index (Phi) is 6.44. The van der Waals surface area contributed by atoms with Gasteiger partial charge in [0, 0.05) is 10.4 Å². The third kappa shape index (κ3) is 5.68. The molecule has 1 aromatic carbocycles. The van der Waals surface area contributed by atoms with Crippen LogP contribution in [0, 0.1) is 25.7 Å². The van der Waals surface area contributed by atoms with Crippen molar-refractivity contribution in [2.75, 3.05) is 13.2 Å². The molecule has 3 N–H and O–H groups in total. The number of aliphatic hydroxyl groups excluding tert-OH is 1. The topological polar surface area (TPSA) is 55.5 Å². The van der Waals surface area contributed by atoms with Gasteiger partial charge in [-0.3, -0.25) is 0 Å². The molecule has 0 aliphatic rings. The van der Waals surface area contributed by atoms with Crippen molar-refractivity contribution in [1.29, 1.82) is 0 Å². The Hall–Kier alpha value is -1.80. The number of aliphatic hydroxyl groups is 1. The molecule has 2 rings (SSSR count). The van der Waals surface area contributed by atoms with Gasteiger partial charge in [-0.25, -0.2) is 0 Å². The van der Waals surface area contributed by atoms with Crippen LogP contribution in [0.15, 0.2) is 30.3 Å². The first-order valence-corrected chi connectivity index (χ1v) is 8.89. The summed E-state index contributed by atoms with van der Waals surface area (Å²) in [6.45, 7) is 6.40. The summed E-state index contributed by atoms with van der Waals surface area (Å²) >= 11 is 1.67. The smallest absolute Gasteiger partial charge is 0.149 e. The number of nitrogens with two attached hydrogens (primary N) is 1. The normalized spacial score (nSPS) is 13.0. The first-order valence-electron chi connectivity index (χ1n) is 8.07. The van der Waals surface area contributed by atoms with Gasteiger partial charge in [-0.05, 0) is 69.0 Å². The number of benzene rings is 1. The second kappa shape index (κ2) is 8.34. The van der Waals surface area contributed by atoms with E-state index in [1.54, 1.807) is 11.3 Å². The minimum Gasteiger partial charge on any atom is -0.481 e. The summed E-state index contributed by atoms with van der Waals surface area (Å²) in [5.74, 6) is 7.04. The van der Waals surface area contributed by atoms with Gasteiger partial charge in [0.05, 0.1) is 11.5 Å². The minimum atomic E-state index is -0.518. The summed E-state index contributed by atoms with van der Waals surface area (Å²) in [6, 6.07) is 10.2. The highest BCUT2D eigenvalue weighted by molar-refractivity contribution is 7.12. The van der Waals surface area contributed by atoms with Gasteiger partial charge < -0.3 is 15.6 Å². The molecule has 2 aromatic rings. The average Bonchev–Trinajstić information content (AvgIpc) is 3.01. The van der Waals surface area contributed by atoms with Crippen LogP contribution in [0.5, 0.6) is 5.75 Å². The highest BCUT2D eigenvalue weighted by Gasteiger charge is 2.16. The Morgan fingerprint density at radius 2 is 2.00 bits per heavy atom. The monoisotopic (exact) mass is 343 g/mol. The lowest BCUT2D eigenvalue weighted by Gasteiger charge is -2.20. The van der Waals surface area contributed by atoms with E-state index in [4.69, 9.17) is 10.5 Å². The Labute approximate surface area is 148 Å². The average molecular weight is 343 g/mol. The number of rotatable bonds is 6. The summed E-state index contributed by atoms with van der Waals surface area (Å²) in [5.41, 5.74) is 7.92. The van der Waals surface area contributed by atoms with Crippen molar-refractivity contribution in [2.45, 2.75) is 39.2 Å². The van der Waals surface area contributed by atoms with Gasteiger partial charge in [-0.15, -0.1) is 11.3 Å². The van der Waals surface area contributed by atoms with Crippen molar-refractivity contribution in [3.63, 3.8) is 0 Å². The molecule has 0 spiro atoms. The summed E-state index contributed by atoms with van der Waals surface area (Å²) in [4.78, 5) is 2.26. The van der Waals surface area contributed by atoms with E-state index in [1.165, 1.54) is 16.0 Å². The standard InChI is InChI=1S/C20H25NO2S/c1-15-6-7-17(13-16(15)2)23-12-4-5-18-8-9-19(24-18)10-11-20(3,21)14-22/h6-9,13,22H,10-12,14,21H2,1-3H3. The number of aryl methyl sites for hydroxylation is 3. The van der Waals surface area contributed by atoms with Crippen molar-refractivity contribution >= 4 is 11.3 Å². The molecule has 0 saturated heterocycles. The Balaban J connectivity index is 1.84. The zero-order valence-electron chi connectivity index (χ0n) is 14.6. The zero-order chi connectivity index (χ0) is 17.6. The van der Waals surface area contributed by atoms with Crippen LogP contribution in [-0.2, 0) is 6.42 Å². The molecular formula is C20H25NO2S. The van der Waals surface area contributed by atoms with E-state index in [-0.39, 0.29) is 6.61 Å². The zero-order valence-corrected chi connectivity index (χ0v) is 15.4. The molecule has 24 heavy (non-hydrogen) atoms. The van der Waals surface area contributed by atoms with Crippen LogP contribution in [-0.4, -0.2) is 23.9 Å². The van der Waals surface area contributed by atoms with E-state index < -0.39 is 5.54 Å². The molecular weight excluding hydrogens is 318 g/mol. The Bertz CT molecular complexity index is 738. The lowest BCUT2D eigenvalue weighted by atomic mass is 9.98. The summed E-state index contributed by atoms with van der Waals surface area (Å²) in [5, 5.41) is 9.19. The quantitative estimate of drug-likeness (QED) is 0.790. The molecule has 4 heteroatoms.